The van der Waals surface area contributed by atoms with Crippen LogP contribution in [0.5, 0.6) is 0 Å². The fourth-order valence-electron chi connectivity index (χ4n) is 3.66. The van der Waals surface area contributed by atoms with Gasteiger partial charge in [-0.3, -0.25) is 0 Å². The van der Waals surface area contributed by atoms with E-state index in [2.05, 4.69) is 30.9 Å². The summed E-state index contributed by atoms with van der Waals surface area (Å²) in [6.45, 7) is 6.71. The Kier molecular flexibility index (Phi) is 7.03. The van der Waals surface area contributed by atoms with Crippen LogP contribution >= 0.6 is 11.8 Å². The average Bonchev–Trinajstić information content (AvgIpc) is 2.49. The van der Waals surface area contributed by atoms with Crippen LogP contribution in [-0.2, 0) is 4.74 Å². The first-order valence-electron chi connectivity index (χ1n) is 8.27. The molecule has 0 aromatic carbocycles. The smallest absolute Gasteiger partial charge is 0.0821 e. The lowest BCUT2D eigenvalue weighted by molar-refractivity contribution is 0.0187. The van der Waals surface area contributed by atoms with Crippen molar-refractivity contribution >= 4 is 11.8 Å². The number of nitrogens with one attached hydrogen (secondary N) is 1. The van der Waals surface area contributed by atoms with Crippen LogP contribution in [0, 0.1) is 11.8 Å². The number of hydrogen-bond donors (Lipinski definition) is 1. The molecule has 112 valence electrons. The molecule has 0 spiro atoms. The van der Waals surface area contributed by atoms with Gasteiger partial charge < -0.3 is 10.1 Å². The van der Waals surface area contributed by atoms with E-state index in [1.54, 1.807) is 0 Å². The molecule has 0 aromatic rings. The van der Waals surface area contributed by atoms with Gasteiger partial charge >= 0.3 is 0 Å². The molecule has 2 aliphatic rings. The van der Waals surface area contributed by atoms with Crippen molar-refractivity contribution in [1.82, 2.24) is 5.32 Å². The Bertz CT molecular complexity index is 243. The highest BCUT2D eigenvalue weighted by atomic mass is 32.2. The van der Waals surface area contributed by atoms with Crippen LogP contribution in [0.3, 0.4) is 0 Å². The molecular weight excluding hydrogens is 254 g/mol. The quantitative estimate of drug-likeness (QED) is 0.804. The van der Waals surface area contributed by atoms with Crippen molar-refractivity contribution in [3.8, 4) is 0 Å². The van der Waals surface area contributed by atoms with Gasteiger partial charge in [0.15, 0.2) is 0 Å². The van der Waals surface area contributed by atoms with Crippen LogP contribution in [0.25, 0.3) is 0 Å². The Hall–Kier alpha value is 0.270. The maximum absolute atomic E-state index is 6.08. The van der Waals surface area contributed by atoms with Gasteiger partial charge in [0.2, 0.25) is 0 Å². The third kappa shape index (κ3) is 4.64. The second-order valence-corrected chi connectivity index (χ2v) is 7.31. The standard InChI is InChI=1S/C16H31NOS/c1-3-8-17-16(15-12-19-10-9-18-15)14-7-5-6-13(4-2)11-14/h13-17H,3-12H2,1-2H3. The molecule has 0 radical (unpaired) electrons. The van der Waals surface area contributed by atoms with Crippen molar-refractivity contribution in [1.29, 1.82) is 0 Å². The zero-order valence-corrected chi connectivity index (χ0v) is 13.5. The normalized spacial score (nSPS) is 34.1. The molecule has 1 saturated heterocycles. The van der Waals surface area contributed by atoms with Gasteiger partial charge in [0, 0.05) is 17.5 Å². The Morgan fingerprint density at radius 3 is 2.89 bits per heavy atom. The Balaban J connectivity index is 1.94. The van der Waals surface area contributed by atoms with Crippen molar-refractivity contribution in [3.05, 3.63) is 0 Å². The first kappa shape index (κ1) is 15.7. The lowest BCUT2D eigenvalue weighted by Gasteiger charge is -2.40. The van der Waals surface area contributed by atoms with Gasteiger partial charge in [-0.25, -0.2) is 0 Å². The average molecular weight is 285 g/mol. The van der Waals surface area contributed by atoms with Crippen molar-refractivity contribution in [2.24, 2.45) is 11.8 Å². The lowest BCUT2D eigenvalue weighted by atomic mass is 9.75. The van der Waals surface area contributed by atoms with Gasteiger partial charge in [0.25, 0.3) is 0 Å². The molecule has 2 fully saturated rings. The summed E-state index contributed by atoms with van der Waals surface area (Å²) in [4.78, 5) is 0. The van der Waals surface area contributed by atoms with E-state index in [0.717, 1.165) is 25.0 Å². The van der Waals surface area contributed by atoms with Gasteiger partial charge in [-0.05, 0) is 37.6 Å². The molecule has 19 heavy (non-hydrogen) atoms. The van der Waals surface area contributed by atoms with E-state index in [4.69, 9.17) is 4.74 Å². The third-order valence-electron chi connectivity index (χ3n) is 4.78. The molecule has 0 amide bonds. The van der Waals surface area contributed by atoms with E-state index in [-0.39, 0.29) is 0 Å². The molecule has 1 aliphatic carbocycles. The summed E-state index contributed by atoms with van der Waals surface area (Å²) in [7, 11) is 0. The summed E-state index contributed by atoms with van der Waals surface area (Å²) in [5, 5.41) is 3.82. The zero-order chi connectivity index (χ0) is 13.5. The molecule has 4 atom stereocenters. The highest BCUT2D eigenvalue weighted by molar-refractivity contribution is 7.99. The predicted molar refractivity (Wildman–Crippen MR) is 84.9 cm³/mol. The summed E-state index contributed by atoms with van der Waals surface area (Å²) < 4.78 is 6.08. The first-order chi connectivity index (χ1) is 9.35. The van der Waals surface area contributed by atoms with E-state index >= 15 is 0 Å². The SMILES string of the molecule is CCCNC(C1CCCC(CC)C1)C1CSCCO1. The lowest BCUT2D eigenvalue weighted by Crippen LogP contribution is -2.50. The summed E-state index contributed by atoms with van der Waals surface area (Å²) >= 11 is 2.07. The summed E-state index contributed by atoms with van der Waals surface area (Å²) in [5.74, 6) is 4.17. The van der Waals surface area contributed by atoms with Crippen LogP contribution in [0.15, 0.2) is 0 Å². The fourth-order valence-corrected chi connectivity index (χ4v) is 4.57. The van der Waals surface area contributed by atoms with Gasteiger partial charge in [0.1, 0.15) is 0 Å². The molecule has 3 heteroatoms. The first-order valence-corrected chi connectivity index (χ1v) is 9.43. The van der Waals surface area contributed by atoms with Crippen LogP contribution in [0.1, 0.15) is 52.4 Å². The van der Waals surface area contributed by atoms with Crippen LogP contribution in [-0.4, -0.2) is 36.8 Å². The third-order valence-corrected chi connectivity index (χ3v) is 5.80. The molecule has 1 aliphatic heterocycles. The molecule has 2 rings (SSSR count). The Morgan fingerprint density at radius 2 is 2.21 bits per heavy atom. The molecular formula is C16H31NOS. The monoisotopic (exact) mass is 285 g/mol. The molecule has 0 aromatic heterocycles. The molecule has 1 N–H and O–H groups in total. The molecule has 1 heterocycles. The predicted octanol–water partition coefficient (Wildman–Crippen LogP) is 3.70. The maximum Gasteiger partial charge on any atom is 0.0821 e. The Labute approximate surface area is 123 Å². The van der Waals surface area contributed by atoms with Crippen molar-refractivity contribution in [2.75, 3.05) is 24.7 Å². The van der Waals surface area contributed by atoms with Gasteiger partial charge in [-0.1, -0.05) is 33.1 Å². The molecule has 1 saturated carbocycles. The Morgan fingerprint density at radius 1 is 1.32 bits per heavy atom. The summed E-state index contributed by atoms with van der Waals surface area (Å²) in [5.41, 5.74) is 0. The number of thioether (sulfide) groups is 1. The highest BCUT2D eigenvalue weighted by Gasteiger charge is 2.34. The summed E-state index contributed by atoms with van der Waals surface area (Å²) in [6, 6.07) is 0.599. The highest BCUT2D eigenvalue weighted by Crippen LogP contribution is 2.35. The second-order valence-electron chi connectivity index (χ2n) is 6.17. The van der Waals surface area contributed by atoms with E-state index in [9.17, 15) is 0 Å². The van der Waals surface area contributed by atoms with Gasteiger partial charge in [-0.2, -0.15) is 11.8 Å². The number of hydrogen-bond acceptors (Lipinski definition) is 3. The maximum atomic E-state index is 6.08. The van der Waals surface area contributed by atoms with Crippen LogP contribution < -0.4 is 5.32 Å². The molecule has 2 nitrogen and oxygen atoms in total. The van der Waals surface area contributed by atoms with Gasteiger partial charge in [0.05, 0.1) is 12.7 Å². The second kappa shape index (κ2) is 8.53. The van der Waals surface area contributed by atoms with Crippen LogP contribution in [0.4, 0.5) is 0 Å². The number of ether oxygens (including phenoxy) is 1. The van der Waals surface area contributed by atoms with Crippen molar-refractivity contribution < 1.29 is 4.74 Å². The molecule has 0 bridgehead atoms. The van der Waals surface area contributed by atoms with Crippen molar-refractivity contribution in [3.63, 3.8) is 0 Å². The van der Waals surface area contributed by atoms with E-state index in [0.29, 0.717) is 12.1 Å². The van der Waals surface area contributed by atoms with Crippen molar-refractivity contribution in [2.45, 2.75) is 64.5 Å². The van der Waals surface area contributed by atoms with E-state index < -0.39 is 0 Å². The van der Waals surface area contributed by atoms with Crippen LogP contribution in [0.2, 0.25) is 0 Å². The minimum Gasteiger partial charge on any atom is -0.375 e. The molecule has 4 unspecified atom stereocenters. The van der Waals surface area contributed by atoms with Gasteiger partial charge in [-0.15, -0.1) is 0 Å². The fraction of sp³-hybridized carbons (Fsp3) is 1.00. The minimum absolute atomic E-state index is 0.450. The van der Waals surface area contributed by atoms with E-state index in [1.165, 1.54) is 50.0 Å². The minimum atomic E-state index is 0.450. The zero-order valence-electron chi connectivity index (χ0n) is 12.7. The number of rotatable bonds is 6. The van der Waals surface area contributed by atoms with E-state index in [1.807, 2.05) is 0 Å². The topological polar surface area (TPSA) is 21.3 Å². The largest absolute Gasteiger partial charge is 0.375 e. The summed E-state index contributed by atoms with van der Waals surface area (Å²) in [6.07, 6.45) is 8.73.